The lowest BCUT2D eigenvalue weighted by Crippen LogP contribution is -2.04. The Hall–Kier alpha value is -3.25. The van der Waals surface area contributed by atoms with E-state index < -0.39 is 0 Å². The van der Waals surface area contributed by atoms with Gasteiger partial charge in [-0.1, -0.05) is 36.4 Å². The molecule has 0 aliphatic carbocycles. The Morgan fingerprint density at radius 1 is 0.962 bits per heavy atom. The fourth-order valence-electron chi connectivity index (χ4n) is 2.83. The van der Waals surface area contributed by atoms with E-state index in [0.29, 0.717) is 12.4 Å². The molecule has 26 heavy (non-hydrogen) atoms. The van der Waals surface area contributed by atoms with Crippen LogP contribution in [0.3, 0.4) is 0 Å². The minimum Gasteiger partial charge on any atom is -0.392 e. The van der Waals surface area contributed by atoms with Crippen LogP contribution in [-0.2, 0) is 13.2 Å². The van der Waals surface area contributed by atoms with Gasteiger partial charge in [0, 0.05) is 24.5 Å². The van der Waals surface area contributed by atoms with Gasteiger partial charge in [0.25, 0.3) is 0 Å². The van der Waals surface area contributed by atoms with E-state index >= 15 is 0 Å². The third kappa shape index (κ3) is 3.14. The van der Waals surface area contributed by atoms with Crippen LogP contribution in [0.5, 0.6) is 0 Å². The number of aliphatic hydroxyl groups excluding tert-OH is 1. The van der Waals surface area contributed by atoms with Gasteiger partial charge >= 0.3 is 0 Å². The number of hydrogen-bond acceptors (Lipinski definition) is 4. The molecule has 0 aliphatic heterocycles. The van der Waals surface area contributed by atoms with Gasteiger partial charge in [0.05, 0.1) is 18.5 Å². The molecule has 0 saturated heterocycles. The molecule has 0 saturated carbocycles. The third-order valence-electron chi connectivity index (χ3n) is 4.23. The van der Waals surface area contributed by atoms with Crippen LogP contribution in [-0.4, -0.2) is 19.5 Å². The lowest BCUT2D eigenvalue weighted by atomic mass is 10.1. The average molecular weight is 348 g/mol. The van der Waals surface area contributed by atoms with Crippen LogP contribution in [0.15, 0.2) is 67.1 Å². The maximum atomic E-state index is 13.0. The normalized spacial score (nSPS) is 11.0. The lowest BCUT2D eigenvalue weighted by Gasteiger charge is -2.08. The van der Waals surface area contributed by atoms with Crippen molar-refractivity contribution in [3.63, 3.8) is 0 Å². The summed E-state index contributed by atoms with van der Waals surface area (Å²) in [5.41, 5.74) is 4.49. The Morgan fingerprint density at radius 3 is 2.42 bits per heavy atom. The minimum atomic E-state index is -0.251. The second-order valence-electron chi connectivity index (χ2n) is 5.95. The number of imidazole rings is 1. The van der Waals surface area contributed by atoms with Crippen molar-refractivity contribution in [2.24, 2.45) is 0 Å². The quantitative estimate of drug-likeness (QED) is 0.578. The minimum absolute atomic E-state index is 0.0226. The molecule has 0 spiro atoms. The second kappa shape index (κ2) is 6.93. The van der Waals surface area contributed by atoms with E-state index in [1.807, 2.05) is 34.9 Å². The van der Waals surface area contributed by atoms with Gasteiger partial charge in [0.2, 0.25) is 0 Å². The van der Waals surface area contributed by atoms with E-state index in [-0.39, 0.29) is 12.4 Å². The molecule has 2 N–H and O–H groups in total. The Morgan fingerprint density at radius 2 is 1.69 bits per heavy atom. The zero-order chi connectivity index (χ0) is 17.9. The SMILES string of the molecule is OCc1ccc(-c2cnc3c(NCc4ccc(F)cc4)nccn23)cc1. The van der Waals surface area contributed by atoms with Crippen LogP contribution < -0.4 is 5.32 Å². The molecule has 0 unspecified atom stereocenters. The highest BCUT2D eigenvalue weighted by atomic mass is 19.1. The molecule has 0 bridgehead atoms. The molecule has 5 nitrogen and oxygen atoms in total. The number of rotatable bonds is 5. The summed E-state index contributed by atoms with van der Waals surface area (Å²) in [6.45, 7) is 0.551. The highest BCUT2D eigenvalue weighted by molar-refractivity contribution is 5.70. The van der Waals surface area contributed by atoms with Crippen LogP contribution in [0.1, 0.15) is 11.1 Å². The van der Waals surface area contributed by atoms with Crippen molar-refractivity contribution in [2.45, 2.75) is 13.2 Å². The standard InChI is InChI=1S/C20H17FN4O/c21-17-7-3-14(4-8-17)11-23-19-20-24-12-18(25(20)10-9-22-19)16-5-1-15(13-26)2-6-16/h1-10,12,26H,11,13H2,(H,22,23). The van der Waals surface area contributed by atoms with Gasteiger partial charge in [-0.3, -0.25) is 4.40 Å². The smallest absolute Gasteiger partial charge is 0.180 e. The topological polar surface area (TPSA) is 62.5 Å². The number of nitrogens with zero attached hydrogens (tertiary/aromatic N) is 3. The molecule has 0 amide bonds. The van der Waals surface area contributed by atoms with Crippen molar-refractivity contribution in [1.82, 2.24) is 14.4 Å². The van der Waals surface area contributed by atoms with Crippen LogP contribution >= 0.6 is 0 Å². The molecule has 0 aliphatic rings. The molecule has 130 valence electrons. The van der Waals surface area contributed by atoms with Crippen molar-refractivity contribution in [3.05, 3.63) is 84.1 Å². The van der Waals surface area contributed by atoms with Crippen molar-refractivity contribution >= 4 is 11.5 Å². The van der Waals surface area contributed by atoms with Gasteiger partial charge < -0.3 is 10.4 Å². The number of halogens is 1. The Bertz CT molecular complexity index is 1030. The summed E-state index contributed by atoms with van der Waals surface area (Å²) in [5.74, 6) is 0.411. The number of nitrogens with one attached hydrogen (secondary N) is 1. The molecule has 2 aromatic heterocycles. The molecular weight excluding hydrogens is 331 g/mol. The molecule has 6 heteroatoms. The van der Waals surface area contributed by atoms with Crippen LogP contribution in [0, 0.1) is 5.82 Å². The van der Waals surface area contributed by atoms with Crippen molar-refractivity contribution in [2.75, 3.05) is 5.32 Å². The van der Waals surface area contributed by atoms with E-state index in [1.54, 1.807) is 24.5 Å². The largest absolute Gasteiger partial charge is 0.392 e. The maximum absolute atomic E-state index is 13.0. The molecule has 0 radical (unpaired) electrons. The van der Waals surface area contributed by atoms with E-state index in [1.165, 1.54) is 12.1 Å². The van der Waals surface area contributed by atoms with Crippen molar-refractivity contribution < 1.29 is 9.50 Å². The summed E-state index contributed by atoms with van der Waals surface area (Å²) in [6, 6.07) is 14.1. The maximum Gasteiger partial charge on any atom is 0.180 e. The fourth-order valence-corrected chi connectivity index (χ4v) is 2.83. The molecule has 0 fully saturated rings. The molecule has 0 atom stereocenters. The highest BCUT2D eigenvalue weighted by Crippen LogP contribution is 2.24. The Kier molecular flexibility index (Phi) is 4.33. The predicted octanol–water partition coefficient (Wildman–Crippen LogP) is 3.64. The number of hydrogen-bond donors (Lipinski definition) is 2. The summed E-state index contributed by atoms with van der Waals surface area (Å²) >= 11 is 0. The first kappa shape index (κ1) is 16.2. The Balaban J connectivity index is 1.62. The van der Waals surface area contributed by atoms with Gasteiger partial charge in [0.15, 0.2) is 11.5 Å². The third-order valence-corrected chi connectivity index (χ3v) is 4.23. The number of aromatic nitrogens is 3. The zero-order valence-corrected chi connectivity index (χ0v) is 13.9. The van der Waals surface area contributed by atoms with Crippen molar-refractivity contribution in [3.8, 4) is 11.3 Å². The van der Waals surface area contributed by atoms with E-state index in [2.05, 4.69) is 15.3 Å². The highest BCUT2D eigenvalue weighted by Gasteiger charge is 2.10. The predicted molar refractivity (Wildman–Crippen MR) is 98.1 cm³/mol. The first-order valence-electron chi connectivity index (χ1n) is 8.25. The van der Waals surface area contributed by atoms with Crippen molar-refractivity contribution in [1.29, 1.82) is 0 Å². The van der Waals surface area contributed by atoms with Gasteiger partial charge in [0.1, 0.15) is 5.82 Å². The van der Waals surface area contributed by atoms with Crippen LogP contribution in [0.25, 0.3) is 16.9 Å². The van der Waals surface area contributed by atoms with Gasteiger partial charge in [-0.25, -0.2) is 14.4 Å². The van der Waals surface area contributed by atoms with E-state index in [9.17, 15) is 9.50 Å². The fraction of sp³-hybridized carbons (Fsp3) is 0.100. The second-order valence-corrected chi connectivity index (χ2v) is 5.95. The molecule has 4 rings (SSSR count). The average Bonchev–Trinajstić information content (AvgIpc) is 3.12. The summed E-state index contributed by atoms with van der Waals surface area (Å²) < 4.78 is 15.0. The number of benzene rings is 2. The zero-order valence-electron chi connectivity index (χ0n) is 13.9. The lowest BCUT2D eigenvalue weighted by molar-refractivity contribution is 0.282. The van der Waals surface area contributed by atoms with E-state index in [0.717, 1.165) is 28.0 Å². The Labute approximate surface area is 149 Å². The monoisotopic (exact) mass is 348 g/mol. The van der Waals surface area contributed by atoms with Crippen LogP contribution in [0.4, 0.5) is 10.2 Å². The van der Waals surface area contributed by atoms with Crippen LogP contribution in [0.2, 0.25) is 0 Å². The number of fused-ring (bicyclic) bond motifs is 1. The van der Waals surface area contributed by atoms with Gasteiger partial charge in [-0.15, -0.1) is 0 Å². The summed E-state index contributed by atoms with van der Waals surface area (Å²) in [7, 11) is 0. The first-order valence-corrected chi connectivity index (χ1v) is 8.25. The number of anilines is 1. The molecule has 4 aromatic rings. The number of aliphatic hydroxyl groups is 1. The molecular formula is C20H17FN4O. The van der Waals surface area contributed by atoms with E-state index in [4.69, 9.17) is 0 Å². The summed E-state index contributed by atoms with van der Waals surface area (Å²) in [6.07, 6.45) is 5.38. The van der Waals surface area contributed by atoms with Gasteiger partial charge in [-0.05, 0) is 23.3 Å². The molecule has 2 aromatic carbocycles. The summed E-state index contributed by atoms with van der Waals surface area (Å²) in [5, 5.41) is 12.4. The molecule has 2 heterocycles. The first-order chi connectivity index (χ1) is 12.7. The van der Waals surface area contributed by atoms with Gasteiger partial charge in [-0.2, -0.15) is 0 Å². The summed E-state index contributed by atoms with van der Waals surface area (Å²) in [4.78, 5) is 8.86.